The fourth-order valence-electron chi connectivity index (χ4n) is 3.34. The van der Waals surface area contributed by atoms with Crippen LogP contribution in [0.4, 0.5) is 5.69 Å². The van der Waals surface area contributed by atoms with Crippen LogP contribution in [-0.4, -0.2) is 10.9 Å². The van der Waals surface area contributed by atoms with E-state index in [-0.39, 0.29) is 5.91 Å². The Bertz CT molecular complexity index is 1200. The van der Waals surface area contributed by atoms with Crippen molar-refractivity contribution < 1.29 is 4.79 Å². The topological polar surface area (TPSA) is 42.0 Å². The van der Waals surface area contributed by atoms with E-state index in [4.69, 9.17) is 16.6 Å². The second kappa shape index (κ2) is 7.38. The van der Waals surface area contributed by atoms with Gasteiger partial charge in [-0.1, -0.05) is 35.4 Å². The van der Waals surface area contributed by atoms with Crippen molar-refractivity contribution in [3.8, 4) is 10.6 Å². The zero-order valence-corrected chi connectivity index (χ0v) is 17.4. The Hall–Kier alpha value is -2.69. The Kier molecular flexibility index (Phi) is 4.92. The maximum absolute atomic E-state index is 13.3. The standard InChI is InChI=1S/C23H19ClN2OS/c1-13-9-15(3)22-17(10-13)18(12-20(25-22)21-5-4-8-28-21)23(27)26-19-11-16(24)7-6-14(19)2/h4-12H,1-3H3,(H,26,27). The first kappa shape index (κ1) is 18.7. The van der Waals surface area contributed by atoms with Gasteiger partial charge in [-0.3, -0.25) is 4.79 Å². The zero-order chi connectivity index (χ0) is 19.8. The number of pyridine rings is 1. The third-order valence-electron chi connectivity index (χ3n) is 4.71. The summed E-state index contributed by atoms with van der Waals surface area (Å²) in [4.78, 5) is 19.1. The molecule has 2 aromatic heterocycles. The summed E-state index contributed by atoms with van der Waals surface area (Å²) in [6, 6.07) is 15.5. The average molecular weight is 407 g/mol. The minimum atomic E-state index is -0.166. The van der Waals surface area contributed by atoms with Crippen LogP contribution in [0.5, 0.6) is 0 Å². The lowest BCUT2D eigenvalue weighted by atomic mass is 10.0. The van der Waals surface area contributed by atoms with Gasteiger partial charge in [0.25, 0.3) is 5.91 Å². The fourth-order valence-corrected chi connectivity index (χ4v) is 4.20. The third-order valence-corrected chi connectivity index (χ3v) is 5.84. The van der Waals surface area contributed by atoms with E-state index in [1.54, 1.807) is 17.4 Å². The summed E-state index contributed by atoms with van der Waals surface area (Å²) in [6.45, 7) is 6.01. The average Bonchev–Trinajstić information content (AvgIpc) is 3.18. The maximum Gasteiger partial charge on any atom is 0.256 e. The summed E-state index contributed by atoms with van der Waals surface area (Å²) in [5.74, 6) is -0.166. The van der Waals surface area contributed by atoms with Gasteiger partial charge < -0.3 is 5.32 Å². The van der Waals surface area contributed by atoms with Gasteiger partial charge in [-0.2, -0.15) is 0 Å². The van der Waals surface area contributed by atoms with Crippen LogP contribution in [0, 0.1) is 20.8 Å². The largest absolute Gasteiger partial charge is 0.322 e. The molecule has 0 unspecified atom stereocenters. The molecule has 28 heavy (non-hydrogen) atoms. The van der Waals surface area contributed by atoms with E-state index in [0.717, 1.165) is 38.2 Å². The molecular weight excluding hydrogens is 388 g/mol. The van der Waals surface area contributed by atoms with Crippen molar-refractivity contribution >= 4 is 45.4 Å². The van der Waals surface area contributed by atoms with Crippen molar-refractivity contribution in [3.05, 3.63) is 81.2 Å². The molecule has 2 aromatic carbocycles. The number of nitrogens with one attached hydrogen (secondary N) is 1. The second-order valence-corrected chi connectivity index (χ2v) is 8.31. The molecule has 3 nitrogen and oxygen atoms in total. The Balaban J connectivity index is 1.89. The summed E-state index contributed by atoms with van der Waals surface area (Å²) in [5, 5.41) is 6.48. The molecule has 2 heterocycles. The quantitative estimate of drug-likeness (QED) is 0.406. The van der Waals surface area contributed by atoms with Crippen LogP contribution in [0.1, 0.15) is 27.0 Å². The van der Waals surface area contributed by atoms with Gasteiger partial charge in [0, 0.05) is 16.1 Å². The third kappa shape index (κ3) is 3.53. The highest BCUT2D eigenvalue weighted by Crippen LogP contribution is 2.31. The van der Waals surface area contributed by atoms with Crippen LogP contribution in [0.3, 0.4) is 0 Å². The van der Waals surface area contributed by atoms with Crippen LogP contribution in [0.15, 0.2) is 53.9 Å². The summed E-state index contributed by atoms with van der Waals surface area (Å²) in [5.41, 5.74) is 6.10. The predicted octanol–water partition coefficient (Wildman–Crippen LogP) is 6.79. The molecule has 0 radical (unpaired) electrons. The first-order valence-corrected chi connectivity index (χ1v) is 10.2. The molecule has 4 aromatic rings. The Labute approximate surface area is 173 Å². The van der Waals surface area contributed by atoms with E-state index in [1.807, 2.05) is 62.5 Å². The van der Waals surface area contributed by atoms with Crippen LogP contribution in [0.2, 0.25) is 5.02 Å². The number of fused-ring (bicyclic) bond motifs is 1. The van der Waals surface area contributed by atoms with Gasteiger partial charge >= 0.3 is 0 Å². The van der Waals surface area contributed by atoms with Crippen LogP contribution in [0.25, 0.3) is 21.5 Å². The van der Waals surface area contributed by atoms with Gasteiger partial charge in [0.05, 0.1) is 21.7 Å². The number of hydrogen-bond acceptors (Lipinski definition) is 3. The monoisotopic (exact) mass is 406 g/mol. The van der Waals surface area contributed by atoms with Crippen molar-refractivity contribution in [2.75, 3.05) is 5.32 Å². The highest BCUT2D eigenvalue weighted by Gasteiger charge is 2.17. The normalized spacial score (nSPS) is 11.0. The van der Waals surface area contributed by atoms with Gasteiger partial charge in [-0.25, -0.2) is 4.98 Å². The first-order valence-electron chi connectivity index (χ1n) is 8.96. The molecule has 140 valence electrons. The second-order valence-electron chi connectivity index (χ2n) is 6.92. The van der Waals surface area contributed by atoms with Crippen LogP contribution in [-0.2, 0) is 0 Å². The van der Waals surface area contributed by atoms with E-state index in [2.05, 4.69) is 11.4 Å². The highest BCUT2D eigenvalue weighted by atomic mass is 35.5. The minimum Gasteiger partial charge on any atom is -0.322 e. The van der Waals surface area contributed by atoms with Gasteiger partial charge in [0.2, 0.25) is 0 Å². The number of thiophene rings is 1. The highest BCUT2D eigenvalue weighted by molar-refractivity contribution is 7.13. The van der Waals surface area contributed by atoms with Crippen LogP contribution < -0.4 is 5.32 Å². The number of aryl methyl sites for hydroxylation is 3. The van der Waals surface area contributed by atoms with Gasteiger partial charge in [-0.05, 0) is 67.6 Å². The summed E-state index contributed by atoms with van der Waals surface area (Å²) in [6.07, 6.45) is 0. The van der Waals surface area contributed by atoms with E-state index in [0.29, 0.717) is 16.3 Å². The number of hydrogen-bond donors (Lipinski definition) is 1. The molecule has 0 bridgehead atoms. The van der Waals surface area contributed by atoms with Gasteiger partial charge in [-0.15, -0.1) is 11.3 Å². The minimum absolute atomic E-state index is 0.166. The lowest BCUT2D eigenvalue weighted by Gasteiger charge is -2.13. The zero-order valence-electron chi connectivity index (χ0n) is 15.8. The van der Waals surface area contributed by atoms with Crippen molar-refractivity contribution in [3.63, 3.8) is 0 Å². The number of nitrogens with zero attached hydrogens (tertiary/aromatic N) is 1. The number of halogens is 1. The van der Waals surface area contributed by atoms with Crippen molar-refractivity contribution in [2.24, 2.45) is 0 Å². The van der Waals surface area contributed by atoms with Gasteiger partial charge in [0.15, 0.2) is 0 Å². The Morgan fingerprint density at radius 3 is 2.61 bits per heavy atom. The summed E-state index contributed by atoms with van der Waals surface area (Å²) >= 11 is 7.73. The van der Waals surface area contributed by atoms with E-state index < -0.39 is 0 Å². The molecule has 4 rings (SSSR count). The lowest BCUT2D eigenvalue weighted by molar-refractivity contribution is 0.102. The molecule has 0 saturated heterocycles. The fraction of sp³-hybridized carbons (Fsp3) is 0.130. The van der Waals surface area contributed by atoms with E-state index in [1.165, 1.54) is 0 Å². The number of aromatic nitrogens is 1. The maximum atomic E-state index is 13.3. The Morgan fingerprint density at radius 1 is 1.04 bits per heavy atom. The molecule has 1 N–H and O–H groups in total. The molecule has 0 saturated carbocycles. The molecule has 1 amide bonds. The smallest absolute Gasteiger partial charge is 0.256 e. The SMILES string of the molecule is Cc1cc(C)c2nc(-c3cccs3)cc(C(=O)Nc3cc(Cl)ccc3C)c2c1. The molecule has 0 fully saturated rings. The number of rotatable bonds is 3. The van der Waals surface area contributed by atoms with E-state index in [9.17, 15) is 4.79 Å². The molecule has 5 heteroatoms. The number of carbonyl (C=O) groups excluding carboxylic acids is 1. The molecule has 0 aliphatic rings. The molecule has 0 aliphatic carbocycles. The lowest BCUT2D eigenvalue weighted by Crippen LogP contribution is -2.14. The molecule has 0 atom stereocenters. The van der Waals surface area contributed by atoms with Crippen molar-refractivity contribution in [2.45, 2.75) is 20.8 Å². The molecule has 0 aliphatic heterocycles. The number of anilines is 1. The number of carbonyl (C=O) groups is 1. The summed E-state index contributed by atoms with van der Waals surface area (Å²) < 4.78 is 0. The number of benzene rings is 2. The Morgan fingerprint density at radius 2 is 1.86 bits per heavy atom. The number of amides is 1. The molecular formula is C23H19ClN2OS. The van der Waals surface area contributed by atoms with Crippen molar-refractivity contribution in [1.29, 1.82) is 0 Å². The van der Waals surface area contributed by atoms with Crippen molar-refractivity contribution in [1.82, 2.24) is 4.98 Å². The van der Waals surface area contributed by atoms with Gasteiger partial charge in [0.1, 0.15) is 0 Å². The van der Waals surface area contributed by atoms with Crippen LogP contribution >= 0.6 is 22.9 Å². The first-order chi connectivity index (χ1) is 13.4. The molecule has 0 spiro atoms. The van der Waals surface area contributed by atoms with E-state index >= 15 is 0 Å². The predicted molar refractivity (Wildman–Crippen MR) is 119 cm³/mol. The summed E-state index contributed by atoms with van der Waals surface area (Å²) in [7, 11) is 0.